The molecule has 0 saturated carbocycles. The number of nitrogens with zero attached hydrogens (tertiary/aromatic N) is 3. The van der Waals surface area contributed by atoms with Crippen molar-refractivity contribution in [1.82, 2.24) is 14.7 Å². The highest BCUT2D eigenvalue weighted by Gasteiger charge is 2.31. The molecule has 7 nitrogen and oxygen atoms in total. The minimum atomic E-state index is -0.502. The highest BCUT2D eigenvalue weighted by atomic mass is 16.5. The van der Waals surface area contributed by atoms with E-state index in [1.807, 2.05) is 30.3 Å². The molecule has 4 rings (SSSR count). The fourth-order valence-corrected chi connectivity index (χ4v) is 4.08. The first kappa shape index (κ1) is 21.8. The summed E-state index contributed by atoms with van der Waals surface area (Å²) in [7, 11) is 0. The molecular formula is C25H27N3O4. The lowest BCUT2D eigenvalue weighted by Crippen LogP contribution is -2.49. The Morgan fingerprint density at radius 1 is 0.906 bits per heavy atom. The van der Waals surface area contributed by atoms with Crippen molar-refractivity contribution in [3.8, 4) is 0 Å². The van der Waals surface area contributed by atoms with E-state index in [9.17, 15) is 14.4 Å². The van der Waals surface area contributed by atoms with Crippen LogP contribution < -0.4 is 0 Å². The van der Waals surface area contributed by atoms with Gasteiger partial charge in [0.05, 0.1) is 6.42 Å². The number of hydrogen-bond acceptors (Lipinski definition) is 5. The van der Waals surface area contributed by atoms with Crippen LogP contribution in [0.3, 0.4) is 0 Å². The zero-order valence-electron chi connectivity index (χ0n) is 18.0. The van der Waals surface area contributed by atoms with Gasteiger partial charge in [-0.3, -0.25) is 19.3 Å². The molecule has 0 N–H and O–H groups in total. The largest absolute Gasteiger partial charge is 0.456 e. The van der Waals surface area contributed by atoms with Gasteiger partial charge in [-0.1, -0.05) is 55.1 Å². The number of amides is 2. The summed E-state index contributed by atoms with van der Waals surface area (Å²) >= 11 is 0. The average Bonchev–Trinajstić information content (AvgIpc) is 3.07. The molecule has 2 aliphatic heterocycles. The van der Waals surface area contributed by atoms with Gasteiger partial charge in [-0.05, 0) is 11.6 Å². The van der Waals surface area contributed by atoms with E-state index in [0.29, 0.717) is 24.4 Å². The Hall–Kier alpha value is -3.45. The molecule has 7 heteroatoms. The average molecular weight is 434 g/mol. The molecule has 2 heterocycles. The monoisotopic (exact) mass is 433 g/mol. The molecular weight excluding hydrogens is 406 g/mol. The van der Waals surface area contributed by atoms with E-state index in [1.54, 1.807) is 17.0 Å². The molecule has 0 aliphatic carbocycles. The van der Waals surface area contributed by atoms with Crippen LogP contribution in [0.15, 0.2) is 61.2 Å². The number of hydrogen-bond donors (Lipinski definition) is 0. The van der Waals surface area contributed by atoms with Crippen LogP contribution in [0.1, 0.15) is 27.9 Å². The summed E-state index contributed by atoms with van der Waals surface area (Å²) in [6.07, 6.45) is 0.0108. The molecule has 2 aliphatic rings. The van der Waals surface area contributed by atoms with Crippen molar-refractivity contribution < 1.29 is 19.1 Å². The van der Waals surface area contributed by atoms with Crippen molar-refractivity contribution in [1.29, 1.82) is 0 Å². The first-order valence-electron chi connectivity index (χ1n) is 10.8. The van der Waals surface area contributed by atoms with Crippen LogP contribution in [-0.2, 0) is 20.9 Å². The third-order valence-corrected chi connectivity index (χ3v) is 5.91. The topological polar surface area (TPSA) is 70.2 Å². The molecule has 0 bridgehead atoms. The lowest BCUT2D eigenvalue weighted by atomic mass is 10.1. The third-order valence-electron chi connectivity index (χ3n) is 5.91. The number of carbonyl (C=O) groups excluding carboxylic acids is 3. The van der Waals surface area contributed by atoms with Crippen LogP contribution in [0.4, 0.5) is 0 Å². The molecule has 32 heavy (non-hydrogen) atoms. The van der Waals surface area contributed by atoms with Crippen molar-refractivity contribution in [3.05, 3.63) is 77.9 Å². The van der Waals surface area contributed by atoms with Crippen LogP contribution in [-0.4, -0.2) is 71.8 Å². The lowest BCUT2D eigenvalue weighted by Gasteiger charge is -2.34. The van der Waals surface area contributed by atoms with Crippen LogP contribution in [0.5, 0.6) is 0 Å². The van der Waals surface area contributed by atoms with Gasteiger partial charge in [-0.25, -0.2) is 0 Å². The zero-order valence-corrected chi connectivity index (χ0v) is 18.0. The maximum absolute atomic E-state index is 12.5. The molecule has 0 aromatic heterocycles. The van der Waals surface area contributed by atoms with Crippen molar-refractivity contribution in [2.45, 2.75) is 13.0 Å². The number of piperazine rings is 1. The molecule has 1 fully saturated rings. The van der Waals surface area contributed by atoms with Crippen LogP contribution in [0.25, 0.3) is 5.70 Å². The van der Waals surface area contributed by atoms with E-state index in [1.165, 1.54) is 10.5 Å². The Balaban J connectivity index is 1.17. The van der Waals surface area contributed by atoms with Gasteiger partial charge in [0.1, 0.15) is 0 Å². The second-order valence-corrected chi connectivity index (χ2v) is 8.00. The predicted octanol–water partition coefficient (Wildman–Crippen LogP) is 2.39. The van der Waals surface area contributed by atoms with Gasteiger partial charge in [-0.2, -0.15) is 0 Å². The summed E-state index contributed by atoms with van der Waals surface area (Å²) in [6.45, 7) is 7.53. The summed E-state index contributed by atoms with van der Waals surface area (Å²) in [5, 5.41) is 0. The summed E-state index contributed by atoms with van der Waals surface area (Å²) in [5.74, 6) is -0.854. The van der Waals surface area contributed by atoms with Crippen LogP contribution in [0, 0.1) is 0 Å². The number of esters is 1. The fraction of sp³-hybridized carbons (Fsp3) is 0.320. The smallest absolute Gasteiger partial charge is 0.308 e. The minimum Gasteiger partial charge on any atom is -0.456 e. The SMILES string of the molecule is C=C1c2ccccc2C(=O)N1CCC(=O)OCC(=O)N1CCN(Cc2ccccc2)CC1. The Bertz CT molecular complexity index is 978. The lowest BCUT2D eigenvalue weighted by molar-refractivity contribution is -0.152. The first-order chi connectivity index (χ1) is 15.5. The molecule has 1 saturated heterocycles. The third kappa shape index (κ3) is 4.89. The predicted molar refractivity (Wildman–Crippen MR) is 120 cm³/mol. The standard InChI is InChI=1S/C25H27N3O4/c1-19-21-9-5-6-10-22(21)25(31)28(19)12-11-24(30)32-18-23(29)27-15-13-26(14-16-27)17-20-7-3-2-4-8-20/h2-10H,1,11-18H2. The van der Waals surface area contributed by atoms with Gasteiger partial charge in [0.25, 0.3) is 11.8 Å². The molecule has 2 aromatic rings. The molecule has 0 unspecified atom stereocenters. The molecule has 166 valence electrons. The van der Waals surface area contributed by atoms with Crippen molar-refractivity contribution >= 4 is 23.5 Å². The van der Waals surface area contributed by atoms with Crippen LogP contribution in [0.2, 0.25) is 0 Å². The van der Waals surface area contributed by atoms with Gasteiger partial charge in [0.2, 0.25) is 0 Å². The summed E-state index contributed by atoms with van der Waals surface area (Å²) < 4.78 is 5.18. The van der Waals surface area contributed by atoms with Gasteiger partial charge in [0.15, 0.2) is 6.61 Å². The maximum atomic E-state index is 12.5. The maximum Gasteiger partial charge on any atom is 0.308 e. The van der Waals surface area contributed by atoms with Crippen molar-refractivity contribution in [2.24, 2.45) is 0 Å². The van der Waals surface area contributed by atoms with Crippen molar-refractivity contribution in [3.63, 3.8) is 0 Å². The van der Waals surface area contributed by atoms with E-state index >= 15 is 0 Å². The summed E-state index contributed by atoms with van der Waals surface area (Å²) in [5.41, 5.74) is 3.21. The Labute approximate surface area is 187 Å². The molecule has 0 atom stereocenters. The highest BCUT2D eigenvalue weighted by Crippen LogP contribution is 2.31. The van der Waals surface area contributed by atoms with Gasteiger partial charge in [0, 0.05) is 56.1 Å². The van der Waals surface area contributed by atoms with Crippen molar-refractivity contribution in [2.75, 3.05) is 39.3 Å². The number of benzene rings is 2. The second-order valence-electron chi connectivity index (χ2n) is 8.00. The normalized spacial score (nSPS) is 16.2. The number of carbonyl (C=O) groups is 3. The summed E-state index contributed by atoms with van der Waals surface area (Å²) in [6, 6.07) is 17.5. The number of fused-ring (bicyclic) bond motifs is 1. The van der Waals surface area contributed by atoms with Gasteiger partial charge < -0.3 is 14.5 Å². The Morgan fingerprint density at radius 2 is 1.56 bits per heavy atom. The fourth-order valence-electron chi connectivity index (χ4n) is 4.08. The Morgan fingerprint density at radius 3 is 2.25 bits per heavy atom. The second kappa shape index (κ2) is 9.78. The molecule has 0 spiro atoms. The quantitative estimate of drug-likeness (QED) is 0.627. The van der Waals surface area contributed by atoms with Gasteiger partial charge in [-0.15, -0.1) is 0 Å². The van der Waals surface area contributed by atoms with E-state index in [2.05, 4.69) is 23.6 Å². The highest BCUT2D eigenvalue weighted by molar-refractivity contribution is 6.08. The number of ether oxygens (including phenoxy) is 1. The van der Waals surface area contributed by atoms with Crippen LogP contribution >= 0.6 is 0 Å². The van der Waals surface area contributed by atoms with E-state index in [0.717, 1.165) is 25.2 Å². The summed E-state index contributed by atoms with van der Waals surface area (Å²) in [4.78, 5) is 42.6. The molecule has 0 radical (unpaired) electrons. The van der Waals surface area contributed by atoms with E-state index in [4.69, 9.17) is 4.74 Å². The van der Waals surface area contributed by atoms with E-state index < -0.39 is 5.97 Å². The Kier molecular flexibility index (Phi) is 6.66. The minimum absolute atomic E-state index is 0.0108. The molecule has 2 aromatic carbocycles. The number of rotatable bonds is 7. The zero-order chi connectivity index (χ0) is 22.5. The van der Waals surface area contributed by atoms with E-state index in [-0.39, 0.29) is 31.4 Å². The molecule has 2 amide bonds. The first-order valence-corrected chi connectivity index (χ1v) is 10.8. The van der Waals surface area contributed by atoms with Gasteiger partial charge >= 0.3 is 5.97 Å².